The van der Waals surface area contributed by atoms with Crippen molar-refractivity contribution in [1.82, 2.24) is 5.32 Å². The van der Waals surface area contributed by atoms with Crippen molar-refractivity contribution in [2.45, 2.75) is 6.54 Å². The summed E-state index contributed by atoms with van der Waals surface area (Å²) in [6, 6.07) is 10.8. The number of hydrogen-bond donors (Lipinski definition) is 4. The standard InChI is InChI=1S/C20H18N2O5/c1-27-19-10-13(5-8-17(19)24)3-2-4-15(11-21)20(26)22-12-14-6-7-16(23)18(25)9-14/h2-10,23-25H,12H2,1H3,(H,22,26)/b3-2+,15-4+. The number of nitriles is 1. The molecule has 7 nitrogen and oxygen atoms in total. The zero-order valence-electron chi connectivity index (χ0n) is 14.5. The third-order valence-corrected chi connectivity index (χ3v) is 3.61. The molecule has 4 N–H and O–H groups in total. The van der Waals surface area contributed by atoms with Crippen LogP contribution in [0.15, 0.2) is 54.1 Å². The van der Waals surface area contributed by atoms with Gasteiger partial charge in [-0.2, -0.15) is 5.26 Å². The number of hydrogen-bond acceptors (Lipinski definition) is 6. The van der Waals surface area contributed by atoms with Gasteiger partial charge in [-0.3, -0.25) is 4.79 Å². The molecule has 0 saturated carbocycles. The SMILES string of the molecule is COc1cc(/C=C/C=C(\C#N)C(=O)NCc2ccc(O)c(O)c2)ccc1O. The molecule has 0 bridgehead atoms. The maximum absolute atomic E-state index is 12.1. The third kappa shape index (κ3) is 5.28. The second-order valence-corrected chi connectivity index (χ2v) is 5.49. The van der Waals surface area contributed by atoms with Crippen molar-refractivity contribution >= 4 is 12.0 Å². The van der Waals surface area contributed by atoms with Crippen LogP contribution in [0, 0.1) is 11.3 Å². The number of allylic oxidation sites excluding steroid dienone is 2. The summed E-state index contributed by atoms with van der Waals surface area (Å²) < 4.78 is 5.01. The number of carbonyl (C=O) groups excluding carboxylic acids is 1. The average molecular weight is 366 g/mol. The first-order chi connectivity index (χ1) is 12.9. The van der Waals surface area contributed by atoms with Crippen LogP contribution in [0.4, 0.5) is 0 Å². The van der Waals surface area contributed by atoms with E-state index in [1.54, 1.807) is 24.3 Å². The van der Waals surface area contributed by atoms with Gasteiger partial charge in [0.1, 0.15) is 11.6 Å². The van der Waals surface area contributed by atoms with Crippen molar-refractivity contribution in [3.63, 3.8) is 0 Å². The van der Waals surface area contributed by atoms with E-state index in [0.29, 0.717) is 11.3 Å². The molecule has 0 heterocycles. The van der Waals surface area contributed by atoms with Crippen molar-refractivity contribution in [3.05, 3.63) is 65.3 Å². The van der Waals surface area contributed by atoms with Crippen molar-refractivity contribution < 1.29 is 24.9 Å². The van der Waals surface area contributed by atoms with Crippen LogP contribution in [0.3, 0.4) is 0 Å². The summed E-state index contributed by atoms with van der Waals surface area (Å²) in [6.45, 7) is 0.0879. The van der Waals surface area contributed by atoms with E-state index in [1.165, 1.54) is 37.5 Å². The average Bonchev–Trinajstić information content (AvgIpc) is 2.67. The number of phenols is 3. The molecule has 0 fully saturated rings. The lowest BCUT2D eigenvalue weighted by Crippen LogP contribution is -2.23. The fourth-order valence-electron chi connectivity index (χ4n) is 2.17. The highest BCUT2D eigenvalue weighted by atomic mass is 16.5. The zero-order valence-corrected chi connectivity index (χ0v) is 14.5. The predicted octanol–water partition coefficient (Wildman–Crippen LogP) is 2.59. The Bertz CT molecular complexity index is 942. The third-order valence-electron chi connectivity index (χ3n) is 3.61. The van der Waals surface area contributed by atoms with Crippen LogP contribution in [0.2, 0.25) is 0 Å². The van der Waals surface area contributed by atoms with Crippen LogP contribution >= 0.6 is 0 Å². The van der Waals surface area contributed by atoms with E-state index in [1.807, 2.05) is 6.07 Å². The van der Waals surface area contributed by atoms with Crippen molar-refractivity contribution in [2.24, 2.45) is 0 Å². The number of ether oxygens (including phenoxy) is 1. The lowest BCUT2D eigenvalue weighted by molar-refractivity contribution is -0.117. The highest BCUT2D eigenvalue weighted by molar-refractivity contribution is 5.97. The molecule has 0 aliphatic carbocycles. The Morgan fingerprint density at radius 1 is 1.15 bits per heavy atom. The van der Waals surface area contributed by atoms with Gasteiger partial charge in [-0.1, -0.05) is 24.3 Å². The molecule has 2 aromatic carbocycles. The normalized spacial score (nSPS) is 11.2. The Balaban J connectivity index is 2.03. The topological polar surface area (TPSA) is 123 Å². The number of benzene rings is 2. The molecule has 0 saturated heterocycles. The molecule has 0 aliphatic heterocycles. The zero-order chi connectivity index (χ0) is 19.8. The van der Waals surface area contributed by atoms with Gasteiger partial charge in [0, 0.05) is 6.54 Å². The van der Waals surface area contributed by atoms with Gasteiger partial charge in [0.05, 0.1) is 7.11 Å². The second-order valence-electron chi connectivity index (χ2n) is 5.49. The smallest absolute Gasteiger partial charge is 0.262 e. The van der Waals surface area contributed by atoms with E-state index in [2.05, 4.69) is 5.32 Å². The van der Waals surface area contributed by atoms with Crippen LogP contribution in [0.1, 0.15) is 11.1 Å². The minimum Gasteiger partial charge on any atom is -0.504 e. The largest absolute Gasteiger partial charge is 0.504 e. The number of methoxy groups -OCH3 is 1. The molecule has 0 atom stereocenters. The molecule has 2 aromatic rings. The Kier molecular flexibility index (Phi) is 6.44. The molecule has 0 radical (unpaired) electrons. The fourth-order valence-corrected chi connectivity index (χ4v) is 2.17. The second kappa shape index (κ2) is 8.97. The van der Waals surface area contributed by atoms with Crippen LogP contribution in [0.25, 0.3) is 6.08 Å². The van der Waals surface area contributed by atoms with Crippen molar-refractivity contribution in [1.29, 1.82) is 5.26 Å². The molecular weight excluding hydrogens is 348 g/mol. The molecule has 0 aromatic heterocycles. The summed E-state index contributed by atoms with van der Waals surface area (Å²) in [4.78, 5) is 12.1. The van der Waals surface area contributed by atoms with Gasteiger partial charge >= 0.3 is 0 Å². The summed E-state index contributed by atoms with van der Waals surface area (Å²) in [7, 11) is 1.44. The fraction of sp³-hybridized carbons (Fsp3) is 0.100. The first-order valence-electron chi connectivity index (χ1n) is 7.89. The lowest BCUT2D eigenvalue weighted by Gasteiger charge is -2.05. The molecule has 27 heavy (non-hydrogen) atoms. The first kappa shape index (κ1) is 19.4. The van der Waals surface area contributed by atoms with E-state index in [-0.39, 0.29) is 29.4 Å². The summed E-state index contributed by atoms with van der Waals surface area (Å²) in [5.41, 5.74) is 1.20. The Morgan fingerprint density at radius 2 is 1.89 bits per heavy atom. The number of phenolic OH excluding ortho intramolecular Hbond substituents is 3. The first-order valence-corrected chi connectivity index (χ1v) is 7.89. The van der Waals surface area contributed by atoms with Crippen LogP contribution in [-0.4, -0.2) is 28.3 Å². The van der Waals surface area contributed by atoms with Gasteiger partial charge in [0.25, 0.3) is 5.91 Å². The summed E-state index contributed by atoms with van der Waals surface area (Å²) >= 11 is 0. The van der Waals surface area contributed by atoms with E-state index in [0.717, 1.165) is 5.56 Å². The molecular formula is C20H18N2O5. The van der Waals surface area contributed by atoms with Crippen LogP contribution < -0.4 is 10.1 Å². The molecule has 7 heteroatoms. The molecule has 2 rings (SSSR count). The molecule has 0 unspecified atom stereocenters. The Hall–Kier alpha value is -3.92. The predicted molar refractivity (Wildman–Crippen MR) is 99.0 cm³/mol. The Morgan fingerprint density at radius 3 is 2.56 bits per heavy atom. The maximum atomic E-state index is 12.1. The minimum atomic E-state index is -0.571. The highest BCUT2D eigenvalue weighted by Crippen LogP contribution is 2.27. The summed E-state index contributed by atoms with van der Waals surface area (Å²) in [6.07, 6.45) is 4.56. The number of nitrogens with one attached hydrogen (secondary N) is 1. The van der Waals surface area contributed by atoms with E-state index in [4.69, 9.17) is 10.00 Å². The van der Waals surface area contributed by atoms with Gasteiger partial charge in [-0.25, -0.2) is 0 Å². The summed E-state index contributed by atoms with van der Waals surface area (Å²) in [5.74, 6) is -0.777. The van der Waals surface area contributed by atoms with Gasteiger partial charge in [-0.05, 0) is 41.5 Å². The molecule has 1 amide bonds. The maximum Gasteiger partial charge on any atom is 0.262 e. The number of amides is 1. The molecule has 0 spiro atoms. The quantitative estimate of drug-likeness (QED) is 0.270. The lowest BCUT2D eigenvalue weighted by atomic mass is 10.1. The van der Waals surface area contributed by atoms with E-state index in [9.17, 15) is 20.1 Å². The monoisotopic (exact) mass is 366 g/mol. The minimum absolute atomic E-state index is 0.0163. The van der Waals surface area contributed by atoms with E-state index >= 15 is 0 Å². The molecule has 0 aliphatic rings. The highest BCUT2D eigenvalue weighted by Gasteiger charge is 2.08. The van der Waals surface area contributed by atoms with Crippen LogP contribution in [0.5, 0.6) is 23.0 Å². The number of rotatable bonds is 6. The number of nitrogens with zero attached hydrogens (tertiary/aromatic N) is 1. The number of carbonyl (C=O) groups is 1. The van der Waals surface area contributed by atoms with Crippen LogP contribution in [-0.2, 0) is 11.3 Å². The van der Waals surface area contributed by atoms with Crippen molar-refractivity contribution in [2.75, 3.05) is 7.11 Å². The molecule has 138 valence electrons. The van der Waals surface area contributed by atoms with Gasteiger partial charge < -0.3 is 25.4 Å². The van der Waals surface area contributed by atoms with Gasteiger partial charge in [0.15, 0.2) is 23.0 Å². The van der Waals surface area contributed by atoms with Gasteiger partial charge in [-0.15, -0.1) is 0 Å². The number of aromatic hydroxyl groups is 3. The van der Waals surface area contributed by atoms with Gasteiger partial charge in [0.2, 0.25) is 0 Å². The van der Waals surface area contributed by atoms with Crippen molar-refractivity contribution in [3.8, 4) is 29.1 Å². The Labute approximate surface area is 156 Å². The van der Waals surface area contributed by atoms with E-state index < -0.39 is 5.91 Å². The summed E-state index contributed by atoms with van der Waals surface area (Å²) in [5, 5.41) is 40.0.